The Labute approximate surface area is 113 Å². The molecule has 0 radical (unpaired) electrons. The summed E-state index contributed by atoms with van der Waals surface area (Å²) in [6.45, 7) is 4.17. The fraction of sp³-hybridized carbons (Fsp3) is 0.615. The molecule has 0 unspecified atom stereocenters. The lowest BCUT2D eigenvalue weighted by atomic mass is 10.2. The second-order valence-electron chi connectivity index (χ2n) is 4.62. The Morgan fingerprint density at radius 1 is 1.35 bits per heavy atom. The minimum Gasteiger partial charge on any atom is -0.295 e. The molecule has 1 heterocycles. The number of hydrogen-bond donors (Lipinski definition) is 0. The molecule has 1 saturated carbocycles. The molecule has 1 aromatic heterocycles. The fourth-order valence-electron chi connectivity index (χ4n) is 1.95. The van der Waals surface area contributed by atoms with Crippen LogP contribution in [0.15, 0.2) is 12.1 Å². The zero-order valence-electron chi connectivity index (χ0n) is 10.1. The molecular weight excluding hydrogens is 255 g/mol. The molecular formula is C13H18Cl2N2. The van der Waals surface area contributed by atoms with Crippen molar-refractivity contribution in [3.8, 4) is 0 Å². The maximum Gasteiger partial charge on any atom is 0.129 e. The van der Waals surface area contributed by atoms with Crippen LogP contribution in [-0.2, 0) is 6.54 Å². The van der Waals surface area contributed by atoms with Gasteiger partial charge in [0, 0.05) is 12.6 Å². The van der Waals surface area contributed by atoms with Crippen LogP contribution in [0.5, 0.6) is 0 Å². The summed E-state index contributed by atoms with van der Waals surface area (Å²) in [6.07, 6.45) is 5.07. The zero-order valence-corrected chi connectivity index (χ0v) is 11.6. The van der Waals surface area contributed by atoms with Crippen LogP contribution < -0.4 is 0 Å². The van der Waals surface area contributed by atoms with Crippen LogP contribution in [0.25, 0.3) is 0 Å². The van der Waals surface area contributed by atoms with Gasteiger partial charge in [-0.15, -0.1) is 0 Å². The van der Waals surface area contributed by atoms with E-state index in [-0.39, 0.29) is 0 Å². The molecule has 4 heteroatoms. The SMILES string of the molecule is CCCCN(Cc1nc(Cl)ccc1Cl)C1CC1. The van der Waals surface area contributed by atoms with Crippen molar-refractivity contribution in [3.05, 3.63) is 28.0 Å². The van der Waals surface area contributed by atoms with Crippen molar-refractivity contribution in [3.63, 3.8) is 0 Å². The van der Waals surface area contributed by atoms with Gasteiger partial charge < -0.3 is 0 Å². The first kappa shape index (κ1) is 13.1. The van der Waals surface area contributed by atoms with Gasteiger partial charge in [0.25, 0.3) is 0 Å². The quantitative estimate of drug-likeness (QED) is 0.724. The van der Waals surface area contributed by atoms with Gasteiger partial charge in [-0.2, -0.15) is 0 Å². The smallest absolute Gasteiger partial charge is 0.129 e. The van der Waals surface area contributed by atoms with Crippen LogP contribution in [0.2, 0.25) is 10.2 Å². The summed E-state index contributed by atoms with van der Waals surface area (Å²) in [5.74, 6) is 0. The van der Waals surface area contributed by atoms with E-state index in [9.17, 15) is 0 Å². The molecule has 1 fully saturated rings. The summed E-state index contributed by atoms with van der Waals surface area (Å²) in [7, 11) is 0. The maximum absolute atomic E-state index is 6.15. The van der Waals surface area contributed by atoms with Gasteiger partial charge in [0.1, 0.15) is 5.15 Å². The average molecular weight is 273 g/mol. The fourth-order valence-corrected chi connectivity index (χ4v) is 2.28. The molecule has 0 aliphatic heterocycles. The number of nitrogens with zero attached hydrogens (tertiary/aromatic N) is 2. The van der Waals surface area contributed by atoms with Crippen LogP contribution in [0, 0.1) is 0 Å². The molecule has 1 aliphatic rings. The highest BCUT2D eigenvalue weighted by molar-refractivity contribution is 6.32. The molecule has 0 bridgehead atoms. The first-order chi connectivity index (χ1) is 8.20. The first-order valence-electron chi connectivity index (χ1n) is 6.25. The molecule has 94 valence electrons. The predicted octanol–water partition coefficient (Wildman–Crippen LogP) is 4.15. The van der Waals surface area contributed by atoms with Crippen LogP contribution in [0.4, 0.5) is 0 Å². The molecule has 0 N–H and O–H groups in total. The van der Waals surface area contributed by atoms with Gasteiger partial charge in [-0.05, 0) is 37.9 Å². The summed E-state index contributed by atoms with van der Waals surface area (Å²) in [5.41, 5.74) is 0.905. The van der Waals surface area contributed by atoms with Crippen molar-refractivity contribution in [2.75, 3.05) is 6.54 Å². The highest BCUT2D eigenvalue weighted by atomic mass is 35.5. The molecule has 0 spiro atoms. The number of unbranched alkanes of at least 4 members (excludes halogenated alkanes) is 1. The van der Waals surface area contributed by atoms with Crippen molar-refractivity contribution in [2.24, 2.45) is 0 Å². The third-order valence-corrected chi connectivity index (χ3v) is 3.65. The van der Waals surface area contributed by atoms with E-state index in [1.165, 1.54) is 25.7 Å². The van der Waals surface area contributed by atoms with E-state index in [4.69, 9.17) is 23.2 Å². The maximum atomic E-state index is 6.15. The molecule has 0 aromatic carbocycles. The van der Waals surface area contributed by atoms with Crippen molar-refractivity contribution in [2.45, 2.75) is 45.2 Å². The lowest BCUT2D eigenvalue weighted by molar-refractivity contribution is 0.248. The Balaban J connectivity index is 2.03. The van der Waals surface area contributed by atoms with E-state index in [1.807, 2.05) is 6.07 Å². The minimum absolute atomic E-state index is 0.524. The standard InChI is InChI=1S/C13H18Cl2N2/c1-2-3-8-17(10-4-5-10)9-12-11(14)6-7-13(15)16-12/h6-7,10H,2-5,8-9H2,1H3. The predicted molar refractivity (Wildman–Crippen MR) is 72.6 cm³/mol. The summed E-state index contributed by atoms with van der Waals surface area (Å²) < 4.78 is 0. The Bertz CT molecular complexity index is 378. The van der Waals surface area contributed by atoms with Gasteiger partial charge >= 0.3 is 0 Å². The van der Waals surface area contributed by atoms with E-state index in [1.54, 1.807) is 6.07 Å². The Morgan fingerprint density at radius 3 is 2.76 bits per heavy atom. The molecule has 0 atom stereocenters. The van der Waals surface area contributed by atoms with E-state index in [2.05, 4.69) is 16.8 Å². The van der Waals surface area contributed by atoms with E-state index in [0.29, 0.717) is 5.15 Å². The zero-order chi connectivity index (χ0) is 12.3. The highest BCUT2D eigenvalue weighted by Gasteiger charge is 2.29. The van der Waals surface area contributed by atoms with Gasteiger partial charge in [0.15, 0.2) is 0 Å². The molecule has 2 nitrogen and oxygen atoms in total. The second kappa shape index (κ2) is 6.03. The summed E-state index contributed by atoms with van der Waals surface area (Å²) in [4.78, 5) is 6.80. The average Bonchev–Trinajstić information content (AvgIpc) is 3.13. The van der Waals surface area contributed by atoms with Crippen molar-refractivity contribution >= 4 is 23.2 Å². The van der Waals surface area contributed by atoms with Crippen LogP contribution in [0.1, 0.15) is 38.3 Å². The lowest BCUT2D eigenvalue weighted by Crippen LogP contribution is -2.27. The molecule has 1 aromatic rings. The Kier molecular flexibility index (Phi) is 4.66. The number of pyridine rings is 1. The van der Waals surface area contributed by atoms with E-state index >= 15 is 0 Å². The highest BCUT2D eigenvalue weighted by Crippen LogP contribution is 2.29. The van der Waals surface area contributed by atoms with Gasteiger partial charge in [0.2, 0.25) is 0 Å². The van der Waals surface area contributed by atoms with Gasteiger partial charge in [0.05, 0.1) is 10.7 Å². The number of hydrogen-bond acceptors (Lipinski definition) is 2. The molecule has 17 heavy (non-hydrogen) atoms. The molecule has 2 rings (SSSR count). The third-order valence-electron chi connectivity index (χ3n) is 3.10. The van der Waals surface area contributed by atoms with Crippen LogP contribution >= 0.6 is 23.2 Å². The Hall–Kier alpha value is -0.310. The number of halogens is 2. The molecule has 0 saturated heterocycles. The van der Waals surface area contributed by atoms with Gasteiger partial charge in [-0.1, -0.05) is 36.5 Å². The Morgan fingerprint density at radius 2 is 2.12 bits per heavy atom. The largest absolute Gasteiger partial charge is 0.295 e. The summed E-state index contributed by atoms with van der Waals surface area (Å²) >= 11 is 12.1. The molecule has 1 aliphatic carbocycles. The first-order valence-corrected chi connectivity index (χ1v) is 7.01. The van der Waals surface area contributed by atoms with Crippen molar-refractivity contribution < 1.29 is 0 Å². The van der Waals surface area contributed by atoms with Crippen LogP contribution in [0.3, 0.4) is 0 Å². The number of aromatic nitrogens is 1. The van der Waals surface area contributed by atoms with E-state index in [0.717, 1.165) is 29.8 Å². The van der Waals surface area contributed by atoms with Gasteiger partial charge in [-0.3, -0.25) is 4.90 Å². The summed E-state index contributed by atoms with van der Waals surface area (Å²) in [5, 5.41) is 1.24. The van der Waals surface area contributed by atoms with Crippen molar-refractivity contribution in [1.82, 2.24) is 9.88 Å². The second-order valence-corrected chi connectivity index (χ2v) is 5.41. The van der Waals surface area contributed by atoms with Gasteiger partial charge in [-0.25, -0.2) is 4.98 Å². The number of rotatable bonds is 6. The van der Waals surface area contributed by atoms with E-state index < -0.39 is 0 Å². The third kappa shape index (κ3) is 3.84. The molecule has 0 amide bonds. The van der Waals surface area contributed by atoms with Crippen LogP contribution in [-0.4, -0.2) is 22.5 Å². The minimum atomic E-state index is 0.524. The normalized spacial score (nSPS) is 15.5. The topological polar surface area (TPSA) is 16.1 Å². The lowest BCUT2D eigenvalue weighted by Gasteiger charge is -2.21. The monoisotopic (exact) mass is 272 g/mol. The summed E-state index contributed by atoms with van der Waals surface area (Å²) in [6, 6.07) is 4.30. The van der Waals surface area contributed by atoms with Crippen molar-refractivity contribution in [1.29, 1.82) is 0 Å².